The molecule has 3 rings (SSSR count). The van der Waals surface area contributed by atoms with Gasteiger partial charge in [-0.3, -0.25) is 9.78 Å². The fraction of sp³-hybridized carbons (Fsp3) is 0.143. The summed E-state index contributed by atoms with van der Waals surface area (Å²) in [6, 6.07) is 23.5. The zero-order valence-corrected chi connectivity index (χ0v) is 13.9. The highest BCUT2D eigenvalue weighted by atomic mass is 16.1. The number of hydrogen-bond donors (Lipinski definition) is 1. The molecular formula is C21H20N2O. The molecule has 1 N–H and O–H groups in total. The molecule has 3 nitrogen and oxygen atoms in total. The largest absolute Gasteiger partial charge is 0.320 e. The maximum atomic E-state index is 12.5. The third-order valence-electron chi connectivity index (χ3n) is 4.24. The van der Waals surface area contributed by atoms with Gasteiger partial charge in [0.2, 0.25) is 0 Å². The SMILES string of the molecule is CC(C)(c1ccccc1)c1ccccc1NC(=O)c1ccccn1. The summed E-state index contributed by atoms with van der Waals surface area (Å²) < 4.78 is 0. The minimum atomic E-state index is -0.227. The molecule has 3 heteroatoms. The van der Waals surface area contributed by atoms with Crippen molar-refractivity contribution >= 4 is 11.6 Å². The lowest BCUT2D eigenvalue weighted by Crippen LogP contribution is -2.23. The highest BCUT2D eigenvalue weighted by molar-refractivity contribution is 6.03. The fourth-order valence-corrected chi connectivity index (χ4v) is 2.83. The number of benzene rings is 2. The number of para-hydroxylation sites is 1. The average Bonchev–Trinajstić information content (AvgIpc) is 2.63. The zero-order valence-electron chi connectivity index (χ0n) is 13.9. The summed E-state index contributed by atoms with van der Waals surface area (Å²) in [6.45, 7) is 4.32. The Labute approximate surface area is 142 Å². The van der Waals surface area contributed by atoms with Crippen LogP contribution in [0.2, 0.25) is 0 Å². The van der Waals surface area contributed by atoms with E-state index in [0.717, 1.165) is 11.3 Å². The van der Waals surface area contributed by atoms with E-state index in [0.29, 0.717) is 5.69 Å². The molecule has 0 radical (unpaired) electrons. The van der Waals surface area contributed by atoms with Crippen molar-refractivity contribution in [1.82, 2.24) is 4.98 Å². The number of nitrogens with zero attached hydrogens (tertiary/aromatic N) is 1. The van der Waals surface area contributed by atoms with Crippen LogP contribution in [0.5, 0.6) is 0 Å². The molecule has 0 aliphatic heterocycles. The van der Waals surface area contributed by atoms with E-state index in [2.05, 4.69) is 42.3 Å². The van der Waals surface area contributed by atoms with E-state index >= 15 is 0 Å². The molecule has 1 aromatic heterocycles. The van der Waals surface area contributed by atoms with Crippen LogP contribution in [0.3, 0.4) is 0 Å². The van der Waals surface area contributed by atoms with Gasteiger partial charge in [0.1, 0.15) is 5.69 Å². The summed E-state index contributed by atoms with van der Waals surface area (Å²) in [5.41, 5.74) is 3.26. The Morgan fingerprint density at radius 1 is 0.875 bits per heavy atom. The van der Waals surface area contributed by atoms with Crippen molar-refractivity contribution in [3.63, 3.8) is 0 Å². The van der Waals surface area contributed by atoms with Crippen molar-refractivity contribution in [2.45, 2.75) is 19.3 Å². The van der Waals surface area contributed by atoms with Crippen LogP contribution in [-0.2, 0) is 5.41 Å². The molecule has 0 spiro atoms. The maximum absolute atomic E-state index is 12.5. The lowest BCUT2D eigenvalue weighted by Gasteiger charge is -2.28. The van der Waals surface area contributed by atoms with Crippen molar-refractivity contribution in [3.05, 3.63) is 95.8 Å². The van der Waals surface area contributed by atoms with Crippen molar-refractivity contribution in [1.29, 1.82) is 0 Å². The van der Waals surface area contributed by atoms with Gasteiger partial charge in [-0.05, 0) is 29.3 Å². The summed E-state index contributed by atoms with van der Waals surface area (Å²) >= 11 is 0. The monoisotopic (exact) mass is 316 g/mol. The predicted molar refractivity (Wildman–Crippen MR) is 97.2 cm³/mol. The minimum Gasteiger partial charge on any atom is -0.320 e. The number of hydrogen-bond acceptors (Lipinski definition) is 2. The van der Waals surface area contributed by atoms with Crippen LogP contribution in [0.15, 0.2) is 79.0 Å². The Morgan fingerprint density at radius 3 is 2.25 bits per heavy atom. The molecule has 0 fully saturated rings. The Bertz CT molecular complexity index is 827. The molecule has 24 heavy (non-hydrogen) atoms. The molecule has 1 heterocycles. The minimum absolute atomic E-state index is 0.202. The lowest BCUT2D eigenvalue weighted by atomic mass is 9.77. The summed E-state index contributed by atoms with van der Waals surface area (Å²) in [4.78, 5) is 16.6. The standard InChI is InChI=1S/C21H20N2O/c1-21(2,16-10-4-3-5-11-16)17-12-6-7-13-18(17)23-20(24)19-14-8-9-15-22-19/h3-15H,1-2H3,(H,23,24). The molecule has 2 aromatic carbocycles. The highest BCUT2D eigenvalue weighted by Crippen LogP contribution is 2.35. The van der Waals surface area contributed by atoms with Crippen molar-refractivity contribution in [2.24, 2.45) is 0 Å². The average molecular weight is 316 g/mol. The first kappa shape index (κ1) is 15.9. The van der Waals surface area contributed by atoms with Crippen LogP contribution < -0.4 is 5.32 Å². The van der Waals surface area contributed by atoms with E-state index < -0.39 is 0 Å². The second-order valence-corrected chi connectivity index (χ2v) is 6.21. The van der Waals surface area contributed by atoms with Gasteiger partial charge in [-0.25, -0.2) is 0 Å². The summed E-state index contributed by atoms with van der Waals surface area (Å²) in [5.74, 6) is -0.202. The van der Waals surface area contributed by atoms with Crippen LogP contribution in [0, 0.1) is 0 Å². The van der Waals surface area contributed by atoms with Crippen molar-refractivity contribution in [2.75, 3.05) is 5.32 Å². The fourth-order valence-electron chi connectivity index (χ4n) is 2.83. The molecule has 0 aliphatic carbocycles. The van der Waals surface area contributed by atoms with Crippen LogP contribution in [0.1, 0.15) is 35.5 Å². The molecule has 0 saturated carbocycles. The molecule has 1 amide bonds. The number of carbonyl (C=O) groups excluding carboxylic acids is 1. The summed E-state index contributed by atoms with van der Waals surface area (Å²) in [5, 5.41) is 3.00. The number of pyridine rings is 1. The quantitative estimate of drug-likeness (QED) is 0.760. The number of aromatic nitrogens is 1. The molecule has 0 atom stereocenters. The number of anilines is 1. The number of carbonyl (C=O) groups is 1. The predicted octanol–water partition coefficient (Wildman–Crippen LogP) is 4.66. The second kappa shape index (κ2) is 6.67. The summed E-state index contributed by atoms with van der Waals surface area (Å²) in [7, 11) is 0. The Balaban J connectivity index is 1.95. The van der Waals surface area contributed by atoms with E-state index in [-0.39, 0.29) is 11.3 Å². The maximum Gasteiger partial charge on any atom is 0.274 e. The van der Waals surface area contributed by atoms with Gasteiger partial charge in [0.25, 0.3) is 5.91 Å². The van der Waals surface area contributed by atoms with Crippen LogP contribution >= 0.6 is 0 Å². The van der Waals surface area contributed by atoms with Crippen LogP contribution in [-0.4, -0.2) is 10.9 Å². The van der Waals surface area contributed by atoms with E-state index in [1.807, 2.05) is 42.5 Å². The van der Waals surface area contributed by atoms with Gasteiger partial charge >= 0.3 is 0 Å². The number of nitrogens with one attached hydrogen (secondary N) is 1. The topological polar surface area (TPSA) is 42.0 Å². The zero-order chi connectivity index (χ0) is 17.0. The third kappa shape index (κ3) is 3.20. The summed E-state index contributed by atoms with van der Waals surface area (Å²) in [6.07, 6.45) is 1.62. The smallest absolute Gasteiger partial charge is 0.274 e. The molecule has 0 saturated heterocycles. The number of rotatable bonds is 4. The van der Waals surface area contributed by atoms with Gasteiger partial charge in [0.05, 0.1) is 0 Å². The van der Waals surface area contributed by atoms with E-state index in [1.165, 1.54) is 5.56 Å². The first-order chi connectivity index (χ1) is 11.6. The molecule has 0 bridgehead atoms. The van der Waals surface area contributed by atoms with Crippen molar-refractivity contribution in [3.8, 4) is 0 Å². The molecule has 3 aromatic rings. The first-order valence-corrected chi connectivity index (χ1v) is 7.96. The van der Waals surface area contributed by atoms with Gasteiger partial charge < -0.3 is 5.32 Å². The van der Waals surface area contributed by atoms with Gasteiger partial charge in [-0.15, -0.1) is 0 Å². The lowest BCUT2D eigenvalue weighted by molar-refractivity contribution is 0.102. The van der Waals surface area contributed by atoms with Gasteiger partial charge in [0, 0.05) is 17.3 Å². The Morgan fingerprint density at radius 2 is 1.54 bits per heavy atom. The van der Waals surface area contributed by atoms with Gasteiger partial charge in [-0.1, -0.05) is 68.4 Å². The van der Waals surface area contributed by atoms with Gasteiger partial charge in [0.15, 0.2) is 0 Å². The van der Waals surface area contributed by atoms with E-state index in [1.54, 1.807) is 18.3 Å². The van der Waals surface area contributed by atoms with Crippen molar-refractivity contribution < 1.29 is 4.79 Å². The molecule has 120 valence electrons. The molecular weight excluding hydrogens is 296 g/mol. The first-order valence-electron chi connectivity index (χ1n) is 7.96. The van der Waals surface area contributed by atoms with Gasteiger partial charge in [-0.2, -0.15) is 0 Å². The Hall–Kier alpha value is -2.94. The van der Waals surface area contributed by atoms with E-state index in [4.69, 9.17) is 0 Å². The number of amides is 1. The normalized spacial score (nSPS) is 11.1. The molecule has 0 aliphatic rings. The van der Waals surface area contributed by atoms with Crippen LogP contribution in [0.25, 0.3) is 0 Å². The van der Waals surface area contributed by atoms with Crippen LogP contribution in [0.4, 0.5) is 5.69 Å². The third-order valence-corrected chi connectivity index (χ3v) is 4.24. The Kier molecular flexibility index (Phi) is 4.43. The molecule has 0 unspecified atom stereocenters. The second-order valence-electron chi connectivity index (χ2n) is 6.21. The highest BCUT2D eigenvalue weighted by Gasteiger charge is 2.26. The van der Waals surface area contributed by atoms with E-state index in [9.17, 15) is 4.79 Å².